The van der Waals surface area contributed by atoms with E-state index in [1.54, 1.807) is 0 Å². The molecule has 0 amide bonds. The highest BCUT2D eigenvalue weighted by molar-refractivity contribution is 5.26. The summed E-state index contributed by atoms with van der Waals surface area (Å²) in [6, 6.07) is 12.9. The van der Waals surface area contributed by atoms with Crippen LogP contribution in [0.15, 0.2) is 42.6 Å². The first kappa shape index (κ1) is 19.7. The molecule has 0 saturated heterocycles. The van der Waals surface area contributed by atoms with Crippen molar-refractivity contribution in [3.8, 4) is 0 Å². The molecule has 0 fully saturated rings. The van der Waals surface area contributed by atoms with Crippen molar-refractivity contribution in [3.63, 3.8) is 0 Å². The Hall–Kier alpha value is -1.58. The molecule has 0 aliphatic heterocycles. The van der Waals surface area contributed by atoms with E-state index < -0.39 is 0 Å². The van der Waals surface area contributed by atoms with Gasteiger partial charge in [-0.25, -0.2) is 0 Å². The highest BCUT2D eigenvalue weighted by Gasteiger charge is 2.14. The zero-order chi connectivity index (χ0) is 18.2. The Labute approximate surface area is 153 Å². The van der Waals surface area contributed by atoms with Crippen LogP contribution in [0.3, 0.4) is 0 Å². The monoisotopic (exact) mass is 342 g/mol. The summed E-state index contributed by atoms with van der Waals surface area (Å²) in [6.07, 6.45) is 3.89. The number of aliphatic hydroxyl groups excluding tert-OH is 1. The maximum Gasteiger partial charge on any atom is 0.0664 e. The largest absolute Gasteiger partial charge is 0.392 e. The van der Waals surface area contributed by atoms with Gasteiger partial charge in [-0.2, -0.15) is 0 Å². The highest BCUT2D eigenvalue weighted by Crippen LogP contribution is 2.15. The van der Waals surface area contributed by atoms with Crippen molar-refractivity contribution in [1.82, 2.24) is 9.47 Å². The first-order valence-corrected chi connectivity index (χ1v) is 9.58. The third-order valence-electron chi connectivity index (χ3n) is 4.87. The molecular formula is C22H34N2O. The average molecular weight is 343 g/mol. The summed E-state index contributed by atoms with van der Waals surface area (Å²) >= 11 is 0. The smallest absolute Gasteiger partial charge is 0.0664 e. The Kier molecular flexibility index (Phi) is 7.73. The van der Waals surface area contributed by atoms with Crippen molar-refractivity contribution in [3.05, 3.63) is 59.4 Å². The Morgan fingerprint density at radius 1 is 1.12 bits per heavy atom. The Bertz CT molecular complexity index is 632. The molecule has 1 atom stereocenters. The lowest BCUT2D eigenvalue weighted by Gasteiger charge is -2.26. The normalized spacial score (nSPS) is 12.9. The average Bonchev–Trinajstić information content (AvgIpc) is 3.01. The molecule has 1 N–H and O–H groups in total. The van der Waals surface area contributed by atoms with E-state index in [0.29, 0.717) is 5.92 Å². The van der Waals surface area contributed by atoms with Crippen molar-refractivity contribution in [1.29, 1.82) is 0 Å². The molecule has 0 unspecified atom stereocenters. The number of rotatable bonds is 10. The number of hydrogen-bond acceptors (Lipinski definition) is 2. The van der Waals surface area contributed by atoms with E-state index in [-0.39, 0.29) is 6.10 Å². The maximum absolute atomic E-state index is 10.1. The van der Waals surface area contributed by atoms with Gasteiger partial charge in [0, 0.05) is 31.5 Å². The summed E-state index contributed by atoms with van der Waals surface area (Å²) in [5, 5.41) is 10.1. The van der Waals surface area contributed by atoms with Gasteiger partial charge >= 0.3 is 0 Å². The molecular weight excluding hydrogens is 308 g/mol. The molecule has 1 heterocycles. The summed E-state index contributed by atoms with van der Waals surface area (Å²) < 4.78 is 2.34. The van der Waals surface area contributed by atoms with Crippen LogP contribution in [-0.2, 0) is 13.1 Å². The first-order chi connectivity index (χ1) is 12.0. The summed E-state index contributed by atoms with van der Waals surface area (Å²) in [5.74, 6) is 0.681. The molecule has 1 aromatic carbocycles. The van der Waals surface area contributed by atoms with Gasteiger partial charge in [-0.3, -0.25) is 4.90 Å². The molecule has 3 nitrogen and oxygen atoms in total. The second kappa shape index (κ2) is 9.79. The predicted octanol–water partition coefficient (Wildman–Crippen LogP) is 4.46. The summed E-state index contributed by atoms with van der Waals surface area (Å²) in [6.45, 7) is 12.3. The summed E-state index contributed by atoms with van der Waals surface area (Å²) in [5.41, 5.74) is 4.01. The van der Waals surface area contributed by atoms with Crippen LogP contribution >= 0.6 is 0 Å². The van der Waals surface area contributed by atoms with Gasteiger partial charge in [0.05, 0.1) is 6.10 Å². The van der Waals surface area contributed by atoms with Gasteiger partial charge in [-0.05, 0) is 55.5 Å². The number of hydrogen-bond donors (Lipinski definition) is 1. The third kappa shape index (κ3) is 6.33. The van der Waals surface area contributed by atoms with Crippen LogP contribution in [0.2, 0.25) is 0 Å². The molecule has 0 aliphatic rings. The highest BCUT2D eigenvalue weighted by atomic mass is 16.3. The van der Waals surface area contributed by atoms with Gasteiger partial charge in [0.2, 0.25) is 0 Å². The van der Waals surface area contributed by atoms with Crippen molar-refractivity contribution < 1.29 is 5.11 Å². The van der Waals surface area contributed by atoms with Crippen molar-refractivity contribution in [2.75, 3.05) is 13.1 Å². The van der Waals surface area contributed by atoms with Crippen LogP contribution in [0, 0.1) is 12.8 Å². The van der Waals surface area contributed by atoms with E-state index in [1.165, 1.54) is 16.8 Å². The van der Waals surface area contributed by atoms with Crippen LogP contribution in [0.5, 0.6) is 0 Å². The van der Waals surface area contributed by atoms with Crippen LogP contribution in [-0.4, -0.2) is 33.8 Å². The minimum absolute atomic E-state index is 0.244. The Morgan fingerprint density at radius 2 is 1.88 bits per heavy atom. The van der Waals surface area contributed by atoms with Gasteiger partial charge < -0.3 is 9.67 Å². The zero-order valence-corrected chi connectivity index (χ0v) is 16.3. The summed E-state index contributed by atoms with van der Waals surface area (Å²) in [4.78, 5) is 2.40. The third-order valence-corrected chi connectivity index (χ3v) is 4.87. The van der Waals surface area contributed by atoms with Crippen molar-refractivity contribution in [2.45, 2.75) is 59.7 Å². The van der Waals surface area contributed by atoms with Gasteiger partial charge in [-0.1, -0.05) is 45.0 Å². The molecule has 0 spiro atoms. The fraction of sp³-hybridized carbons (Fsp3) is 0.545. The van der Waals surface area contributed by atoms with Crippen molar-refractivity contribution in [2.24, 2.45) is 5.92 Å². The van der Waals surface area contributed by atoms with Crippen LogP contribution in [0.1, 0.15) is 50.4 Å². The summed E-state index contributed by atoms with van der Waals surface area (Å²) in [7, 11) is 0. The predicted molar refractivity (Wildman–Crippen MR) is 106 cm³/mol. The van der Waals surface area contributed by atoms with Crippen LogP contribution in [0.4, 0.5) is 0 Å². The fourth-order valence-electron chi connectivity index (χ4n) is 3.05. The molecule has 138 valence electrons. The van der Waals surface area contributed by atoms with Crippen LogP contribution in [0.25, 0.3) is 0 Å². The molecule has 2 aromatic rings. The molecule has 0 aliphatic carbocycles. The zero-order valence-electron chi connectivity index (χ0n) is 16.3. The minimum Gasteiger partial charge on any atom is -0.392 e. The first-order valence-electron chi connectivity index (χ1n) is 9.58. The number of benzene rings is 1. The lowest BCUT2D eigenvalue weighted by atomic mass is 10.1. The van der Waals surface area contributed by atoms with Gasteiger partial charge in [0.1, 0.15) is 0 Å². The standard InChI is InChI=1S/C22H34N2O/c1-5-22(25)17-23(14-12-18(2)3)16-21-11-8-13-24(21)15-20-10-7-6-9-19(20)4/h6-11,13,18,22,25H,5,12,14-17H2,1-4H3/t22-/m0/s1. The van der Waals surface area contributed by atoms with Crippen LogP contribution < -0.4 is 0 Å². The van der Waals surface area contributed by atoms with Gasteiger partial charge in [-0.15, -0.1) is 0 Å². The fourth-order valence-corrected chi connectivity index (χ4v) is 3.05. The molecule has 3 heteroatoms. The molecule has 0 saturated carbocycles. The SMILES string of the molecule is CC[C@H](O)CN(CCC(C)C)Cc1cccn1Cc1ccccc1C. The quantitative estimate of drug-likeness (QED) is 0.690. The number of nitrogens with zero attached hydrogens (tertiary/aromatic N) is 2. The minimum atomic E-state index is -0.244. The van der Waals surface area contributed by atoms with Gasteiger partial charge in [0.25, 0.3) is 0 Å². The van der Waals surface area contributed by atoms with E-state index in [9.17, 15) is 5.11 Å². The molecule has 2 rings (SSSR count). The number of aromatic nitrogens is 1. The van der Waals surface area contributed by atoms with E-state index >= 15 is 0 Å². The van der Waals surface area contributed by atoms with Gasteiger partial charge in [0.15, 0.2) is 0 Å². The molecule has 1 aromatic heterocycles. The molecule has 0 radical (unpaired) electrons. The van der Waals surface area contributed by atoms with Crippen molar-refractivity contribution >= 4 is 0 Å². The Morgan fingerprint density at radius 3 is 2.56 bits per heavy atom. The lowest BCUT2D eigenvalue weighted by Crippen LogP contribution is -2.33. The Balaban J connectivity index is 2.08. The maximum atomic E-state index is 10.1. The number of aryl methyl sites for hydroxylation is 1. The molecule has 25 heavy (non-hydrogen) atoms. The van der Waals surface area contributed by atoms with E-state index in [4.69, 9.17) is 0 Å². The topological polar surface area (TPSA) is 28.4 Å². The lowest BCUT2D eigenvalue weighted by molar-refractivity contribution is 0.101. The second-order valence-corrected chi connectivity index (χ2v) is 7.53. The number of aliphatic hydroxyl groups is 1. The molecule has 0 bridgehead atoms. The van der Waals surface area contributed by atoms with E-state index in [2.05, 4.69) is 72.8 Å². The second-order valence-electron chi connectivity index (χ2n) is 7.53. The van der Waals surface area contributed by atoms with E-state index in [1.807, 2.05) is 6.92 Å². The van der Waals surface area contributed by atoms with E-state index in [0.717, 1.165) is 39.0 Å².